The summed E-state index contributed by atoms with van der Waals surface area (Å²) >= 11 is 13.2. The third-order valence-corrected chi connectivity index (χ3v) is 4.06. The van der Waals surface area contributed by atoms with Gasteiger partial charge in [0.1, 0.15) is 0 Å². The van der Waals surface area contributed by atoms with Crippen LogP contribution in [0, 0.1) is 0 Å². The lowest BCUT2D eigenvalue weighted by molar-refractivity contribution is -0.119. The minimum atomic E-state index is -0.505. The van der Waals surface area contributed by atoms with E-state index in [-0.39, 0.29) is 11.9 Å². The highest BCUT2D eigenvalue weighted by molar-refractivity contribution is 8.00. The lowest BCUT2D eigenvalue weighted by Gasteiger charge is -2.14. The van der Waals surface area contributed by atoms with Crippen molar-refractivity contribution in [2.24, 2.45) is 0 Å². The van der Waals surface area contributed by atoms with Crippen LogP contribution in [0.15, 0.2) is 23.1 Å². The van der Waals surface area contributed by atoms with Crippen LogP contribution in [0.5, 0.6) is 0 Å². The molecular weight excluding hydrogens is 319 g/mol. The van der Waals surface area contributed by atoms with Gasteiger partial charge in [-0.25, -0.2) is 4.79 Å². The minimum Gasteiger partial charge on any atom is -0.336 e. The normalized spacial score (nSPS) is 12.1. The minimum absolute atomic E-state index is 0.0341. The molecule has 0 heterocycles. The number of carbonyl (C=O) groups excluding carboxylic acids is 2. The van der Waals surface area contributed by atoms with Gasteiger partial charge in [0.25, 0.3) is 0 Å². The first-order chi connectivity index (χ1) is 9.29. The Kier molecular flexibility index (Phi) is 6.65. The number of hydrogen-bond donors (Lipinski definition) is 2. The number of hydrogen-bond acceptors (Lipinski definition) is 3. The quantitative estimate of drug-likeness (QED) is 0.825. The maximum absolute atomic E-state index is 11.9. The fourth-order valence-corrected chi connectivity index (χ4v) is 2.73. The van der Waals surface area contributed by atoms with Gasteiger partial charge in [-0.2, -0.15) is 0 Å². The number of halogens is 2. The predicted molar refractivity (Wildman–Crippen MR) is 83.6 cm³/mol. The molecule has 0 aliphatic heterocycles. The first-order valence-electron chi connectivity index (χ1n) is 6.02. The van der Waals surface area contributed by atoms with Gasteiger partial charge in [0.05, 0.1) is 10.3 Å². The highest BCUT2D eigenvalue weighted by Gasteiger charge is 2.18. The topological polar surface area (TPSA) is 58.2 Å². The SMILES string of the molecule is CC(C)NC(=O)NC(=O)[C@@H](C)Sc1cc(Cl)ccc1Cl. The number of benzene rings is 1. The Labute approximate surface area is 132 Å². The second kappa shape index (κ2) is 7.76. The van der Waals surface area contributed by atoms with Crippen LogP contribution in [0.3, 0.4) is 0 Å². The molecule has 0 aromatic heterocycles. The molecule has 1 aromatic rings. The molecule has 0 saturated heterocycles. The Balaban J connectivity index is 2.61. The number of amides is 3. The summed E-state index contributed by atoms with van der Waals surface area (Å²) in [7, 11) is 0. The molecule has 0 fully saturated rings. The summed E-state index contributed by atoms with van der Waals surface area (Å²) in [6.45, 7) is 5.32. The molecule has 3 amide bonds. The van der Waals surface area contributed by atoms with Crippen molar-refractivity contribution >= 4 is 46.9 Å². The van der Waals surface area contributed by atoms with Crippen LogP contribution in [-0.2, 0) is 4.79 Å². The molecule has 0 aliphatic carbocycles. The maximum atomic E-state index is 11.9. The van der Waals surface area contributed by atoms with Crippen molar-refractivity contribution in [1.82, 2.24) is 10.6 Å². The third-order valence-electron chi connectivity index (χ3n) is 2.22. The average Bonchev–Trinajstić information content (AvgIpc) is 2.32. The molecule has 0 aliphatic rings. The summed E-state index contributed by atoms with van der Waals surface area (Å²) in [5.41, 5.74) is 0. The van der Waals surface area contributed by atoms with E-state index in [4.69, 9.17) is 23.2 Å². The van der Waals surface area contributed by atoms with Crippen LogP contribution in [-0.4, -0.2) is 23.2 Å². The zero-order chi connectivity index (χ0) is 15.3. The molecule has 0 spiro atoms. The molecule has 1 rings (SSSR count). The largest absolute Gasteiger partial charge is 0.336 e. The maximum Gasteiger partial charge on any atom is 0.321 e. The summed E-state index contributed by atoms with van der Waals surface area (Å²) in [5, 5.41) is 5.46. The summed E-state index contributed by atoms with van der Waals surface area (Å²) in [4.78, 5) is 24.0. The van der Waals surface area contributed by atoms with Crippen LogP contribution in [0.4, 0.5) is 4.79 Å². The Morgan fingerprint density at radius 3 is 2.45 bits per heavy atom. The number of nitrogens with one attached hydrogen (secondary N) is 2. The number of urea groups is 1. The van der Waals surface area contributed by atoms with E-state index in [1.807, 2.05) is 13.8 Å². The summed E-state index contributed by atoms with van der Waals surface area (Å²) < 4.78 is 0. The first-order valence-corrected chi connectivity index (χ1v) is 7.66. The summed E-state index contributed by atoms with van der Waals surface area (Å²) in [6, 6.07) is 4.49. The van der Waals surface area contributed by atoms with Crippen LogP contribution >= 0.6 is 35.0 Å². The van der Waals surface area contributed by atoms with Gasteiger partial charge in [-0.05, 0) is 39.0 Å². The van der Waals surface area contributed by atoms with Gasteiger partial charge in [-0.1, -0.05) is 23.2 Å². The van der Waals surface area contributed by atoms with E-state index in [0.29, 0.717) is 14.9 Å². The summed E-state index contributed by atoms with van der Waals surface area (Å²) in [5.74, 6) is -0.385. The van der Waals surface area contributed by atoms with E-state index in [2.05, 4.69) is 10.6 Å². The van der Waals surface area contributed by atoms with Crippen molar-refractivity contribution in [2.45, 2.75) is 37.0 Å². The molecule has 1 atom stereocenters. The standard InChI is InChI=1S/C13H16Cl2N2O2S/c1-7(2)16-13(19)17-12(18)8(3)20-11-6-9(14)4-5-10(11)15/h4-8H,1-3H3,(H2,16,17,18,19)/t8-/m1/s1. The Morgan fingerprint density at radius 1 is 1.20 bits per heavy atom. The average molecular weight is 335 g/mol. The lowest BCUT2D eigenvalue weighted by atomic mass is 10.4. The molecule has 2 N–H and O–H groups in total. The van der Waals surface area contributed by atoms with Crippen LogP contribution in [0.25, 0.3) is 0 Å². The molecule has 1 aromatic carbocycles. The van der Waals surface area contributed by atoms with Crippen molar-refractivity contribution < 1.29 is 9.59 Å². The molecule has 0 radical (unpaired) electrons. The summed E-state index contributed by atoms with van der Waals surface area (Å²) in [6.07, 6.45) is 0. The van der Waals surface area contributed by atoms with Crippen LogP contribution in [0.2, 0.25) is 10.0 Å². The molecule has 4 nitrogen and oxygen atoms in total. The van der Waals surface area contributed by atoms with Gasteiger partial charge in [-0.3, -0.25) is 10.1 Å². The van der Waals surface area contributed by atoms with Gasteiger partial charge < -0.3 is 5.32 Å². The number of rotatable bonds is 4. The zero-order valence-electron chi connectivity index (χ0n) is 11.4. The fourth-order valence-electron chi connectivity index (χ4n) is 1.32. The van der Waals surface area contributed by atoms with E-state index in [0.717, 1.165) is 0 Å². The van der Waals surface area contributed by atoms with Crippen molar-refractivity contribution in [2.75, 3.05) is 0 Å². The van der Waals surface area contributed by atoms with Crippen molar-refractivity contribution in [3.8, 4) is 0 Å². The van der Waals surface area contributed by atoms with Crippen molar-refractivity contribution in [3.05, 3.63) is 28.2 Å². The second-order valence-corrected chi connectivity index (χ2v) is 6.68. The zero-order valence-corrected chi connectivity index (χ0v) is 13.7. The number of carbonyl (C=O) groups is 2. The van der Waals surface area contributed by atoms with E-state index in [1.165, 1.54) is 11.8 Å². The van der Waals surface area contributed by atoms with Crippen molar-refractivity contribution in [3.63, 3.8) is 0 Å². The van der Waals surface area contributed by atoms with Crippen molar-refractivity contribution in [1.29, 1.82) is 0 Å². The van der Waals surface area contributed by atoms with Gasteiger partial charge in [0.2, 0.25) is 5.91 Å². The van der Waals surface area contributed by atoms with E-state index >= 15 is 0 Å². The molecule has 0 saturated carbocycles. The van der Waals surface area contributed by atoms with Crippen LogP contribution in [0.1, 0.15) is 20.8 Å². The Morgan fingerprint density at radius 2 is 1.85 bits per heavy atom. The molecule has 7 heteroatoms. The van der Waals surface area contributed by atoms with Crippen LogP contribution < -0.4 is 10.6 Å². The fraction of sp³-hybridized carbons (Fsp3) is 0.385. The Hall–Kier alpha value is -0.910. The lowest BCUT2D eigenvalue weighted by Crippen LogP contribution is -2.45. The molecular formula is C13H16Cl2N2O2S. The second-order valence-electron chi connectivity index (χ2n) is 4.45. The first kappa shape index (κ1) is 17.1. The van der Waals surface area contributed by atoms with Gasteiger partial charge in [0, 0.05) is 16.0 Å². The van der Waals surface area contributed by atoms with Gasteiger partial charge in [0.15, 0.2) is 0 Å². The highest BCUT2D eigenvalue weighted by atomic mass is 35.5. The van der Waals surface area contributed by atoms with Gasteiger partial charge >= 0.3 is 6.03 Å². The molecule has 20 heavy (non-hydrogen) atoms. The van der Waals surface area contributed by atoms with Gasteiger partial charge in [-0.15, -0.1) is 11.8 Å². The smallest absolute Gasteiger partial charge is 0.321 e. The highest BCUT2D eigenvalue weighted by Crippen LogP contribution is 2.32. The number of imide groups is 1. The monoisotopic (exact) mass is 334 g/mol. The predicted octanol–water partition coefficient (Wildman–Crippen LogP) is 3.71. The van der Waals surface area contributed by atoms with E-state index < -0.39 is 11.3 Å². The van der Waals surface area contributed by atoms with E-state index in [9.17, 15) is 9.59 Å². The molecule has 0 unspecified atom stereocenters. The van der Waals surface area contributed by atoms with E-state index in [1.54, 1.807) is 25.1 Å². The number of thioether (sulfide) groups is 1. The third kappa shape index (κ3) is 5.61. The molecule has 110 valence electrons. The molecule has 0 bridgehead atoms. The Bertz CT molecular complexity index is 509.